The fourth-order valence-corrected chi connectivity index (χ4v) is 4.27. The van der Waals surface area contributed by atoms with Gasteiger partial charge in [-0.15, -0.1) is 11.8 Å². The van der Waals surface area contributed by atoms with E-state index in [4.69, 9.17) is 4.98 Å². The van der Waals surface area contributed by atoms with Gasteiger partial charge in [0.2, 0.25) is 0 Å². The van der Waals surface area contributed by atoms with E-state index in [1.54, 1.807) is 35.1 Å². The van der Waals surface area contributed by atoms with Gasteiger partial charge < -0.3 is 0 Å². The molecule has 1 heterocycles. The minimum absolute atomic E-state index is 0.000911. The zero-order valence-corrected chi connectivity index (χ0v) is 16.2. The van der Waals surface area contributed by atoms with Crippen LogP contribution in [-0.2, 0) is 12.8 Å². The summed E-state index contributed by atoms with van der Waals surface area (Å²) in [4.78, 5) is 18.8. The highest BCUT2D eigenvalue weighted by molar-refractivity contribution is 7.98. The summed E-state index contributed by atoms with van der Waals surface area (Å²) >= 11 is 3.33. The average molecular weight is 379 g/mol. The fraction of sp³-hybridized carbons (Fsp3) is 0.143. The molecule has 4 aromatic rings. The SMILES string of the molecule is CSc1ccc(CSc2nc3cc4ccccc4cc3c(=O)n2C)cc1. The molecule has 0 amide bonds. The molecular formula is C21H18N2OS2. The highest BCUT2D eigenvalue weighted by Gasteiger charge is 2.10. The van der Waals surface area contributed by atoms with Gasteiger partial charge in [0.15, 0.2) is 5.16 Å². The summed E-state index contributed by atoms with van der Waals surface area (Å²) in [5.74, 6) is 0.786. The van der Waals surface area contributed by atoms with Crippen molar-refractivity contribution in [1.82, 2.24) is 9.55 Å². The van der Waals surface area contributed by atoms with Crippen molar-refractivity contribution in [2.45, 2.75) is 15.8 Å². The maximum absolute atomic E-state index is 12.8. The first-order valence-corrected chi connectivity index (χ1v) is 10.5. The Bertz CT molecular complexity index is 1150. The van der Waals surface area contributed by atoms with Crippen LogP contribution in [0.3, 0.4) is 0 Å². The van der Waals surface area contributed by atoms with Crippen LogP contribution in [0.15, 0.2) is 75.5 Å². The second kappa shape index (κ2) is 7.17. The molecular weight excluding hydrogens is 360 g/mol. The smallest absolute Gasteiger partial charge is 0.261 e. The summed E-state index contributed by atoms with van der Waals surface area (Å²) in [5, 5.41) is 3.57. The number of thioether (sulfide) groups is 2. The van der Waals surface area contributed by atoms with Crippen LogP contribution in [0, 0.1) is 0 Å². The molecule has 130 valence electrons. The average Bonchev–Trinajstić information content (AvgIpc) is 2.69. The summed E-state index contributed by atoms with van der Waals surface area (Å²) in [6.07, 6.45) is 2.07. The van der Waals surface area contributed by atoms with Crippen LogP contribution in [0.5, 0.6) is 0 Å². The molecule has 1 aromatic heterocycles. The molecule has 0 fully saturated rings. The molecule has 0 aliphatic rings. The molecule has 0 saturated heterocycles. The normalized spacial score (nSPS) is 11.3. The molecule has 3 nitrogen and oxygen atoms in total. The van der Waals surface area contributed by atoms with Crippen molar-refractivity contribution in [2.24, 2.45) is 7.05 Å². The topological polar surface area (TPSA) is 34.9 Å². The van der Waals surface area contributed by atoms with Gasteiger partial charge in [-0.1, -0.05) is 48.2 Å². The molecule has 0 spiro atoms. The number of fused-ring (bicyclic) bond motifs is 2. The lowest BCUT2D eigenvalue weighted by molar-refractivity contribution is 0.726. The van der Waals surface area contributed by atoms with E-state index in [0.29, 0.717) is 5.39 Å². The van der Waals surface area contributed by atoms with Gasteiger partial charge in [0.25, 0.3) is 5.56 Å². The minimum atomic E-state index is 0.000911. The lowest BCUT2D eigenvalue weighted by atomic mass is 10.1. The minimum Gasteiger partial charge on any atom is -0.290 e. The number of nitrogens with zero attached hydrogens (tertiary/aromatic N) is 2. The third-order valence-electron chi connectivity index (χ3n) is 4.43. The molecule has 0 aliphatic carbocycles. The van der Waals surface area contributed by atoms with Gasteiger partial charge in [-0.25, -0.2) is 4.98 Å². The largest absolute Gasteiger partial charge is 0.290 e. The van der Waals surface area contributed by atoms with Crippen LogP contribution in [-0.4, -0.2) is 15.8 Å². The van der Waals surface area contributed by atoms with E-state index in [1.807, 2.05) is 36.4 Å². The summed E-state index contributed by atoms with van der Waals surface area (Å²) in [6, 6.07) is 20.5. The first-order valence-electron chi connectivity index (χ1n) is 8.31. The maximum Gasteiger partial charge on any atom is 0.261 e. The first-order chi connectivity index (χ1) is 12.7. The monoisotopic (exact) mass is 378 g/mol. The van der Waals surface area contributed by atoms with Crippen LogP contribution in [0.1, 0.15) is 5.56 Å². The van der Waals surface area contributed by atoms with E-state index in [0.717, 1.165) is 27.2 Å². The molecule has 4 rings (SSSR count). The van der Waals surface area contributed by atoms with Crippen molar-refractivity contribution in [3.05, 3.63) is 76.6 Å². The summed E-state index contributed by atoms with van der Waals surface area (Å²) in [6.45, 7) is 0. The summed E-state index contributed by atoms with van der Waals surface area (Å²) in [5.41, 5.74) is 1.98. The van der Waals surface area contributed by atoms with Crippen LogP contribution < -0.4 is 5.56 Å². The molecule has 26 heavy (non-hydrogen) atoms. The van der Waals surface area contributed by atoms with E-state index in [1.165, 1.54) is 10.5 Å². The number of rotatable bonds is 4. The Morgan fingerprint density at radius 3 is 2.38 bits per heavy atom. The van der Waals surface area contributed by atoms with Crippen LogP contribution >= 0.6 is 23.5 Å². The third-order valence-corrected chi connectivity index (χ3v) is 6.27. The van der Waals surface area contributed by atoms with Gasteiger partial charge in [0.1, 0.15) is 0 Å². The highest BCUT2D eigenvalue weighted by Crippen LogP contribution is 2.25. The number of hydrogen-bond donors (Lipinski definition) is 0. The van der Waals surface area contributed by atoms with E-state index in [-0.39, 0.29) is 5.56 Å². The molecule has 0 unspecified atom stereocenters. The Kier molecular flexibility index (Phi) is 4.74. The van der Waals surface area contributed by atoms with Crippen molar-refractivity contribution >= 4 is 45.2 Å². The van der Waals surface area contributed by atoms with Gasteiger partial charge >= 0.3 is 0 Å². The molecule has 0 N–H and O–H groups in total. The number of benzene rings is 3. The Morgan fingerprint density at radius 1 is 1.00 bits per heavy atom. The molecule has 0 aliphatic heterocycles. The van der Waals surface area contributed by atoms with Gasteiger partial charge in [-0.2, -0.15) is 0 Å². The summed E-state index contributed by atoms with van der Waals surface area (Å²) in [7, 11) is 1.79. The standard InChI is InChI=1S/C21H18N2OS2/c1-23-20(24)18-11-15-5-3-4-6-16(15)12-19(18)22-21(23)26-13-14-7-9-17(25-2)10-8-14/h3-12H,13H2,1-2H3. The quantitative estimate of drug-likeness (QED) is 0.281. The molecule has 0 saturated carbocycles. The van der Waals surface area contributed by atoms with Gasteiger partial charge in [0.05, 0.1) is 10.9 Å². The molecule has 5 heteroatoms. The molecule has 3 aromatic carbocycles. The van der Waals surface area contributed by atoms with Crippen molar-refractivity contribution in [3.63, 3.8) is 0 Å². The van der Waals surface area contributed by atoms with Gasteiger partial charge in [-0.3, -0.25) is 9.36 Å². The predicted octanol–water partition coefficient (Wildman–Crippen LogP) is 5.10. The zero-order valence-electron chi connectivity index (χ0n) is 14.6. The lowest BCUT2D eigenvalue weighted by Crippen LogP contribution is -2.20. The fourth-order valence-electron chi connectivity index (χ4n) is 2.94. The highest BCUT2D eigenvalue weighted by atomic mass is 32.2. The van der Waals surface area contributed by atoms with E-state index < -0.39 is 0 Å². The molecule has 0 bridgehead atoms. The Morgan fingerprint density at radius 2 is 1.69 bits per heavy atom. The maximum atomic E-state index is 12.8. The van der Waals surface area contributed by atoms with E-state index in [2.05, 4.69) is 30.5 Å². The van der Waals surface area contributed by atoms with Gasteiger partial charge in [0, 0.05) is 17.7 Å². The predicted molar refractivity (Wildman–Crippen MR) is 112 cm³/mol. The van der Waals surface area contributed by atoms with E-state index >= 15 is 0 Å². The van der Waals surface area contributed by atoms with Crippen molar-refractivity contribution in [1.29, 1.82) is 0 Å². The molecule has 0 radical (unpaired) electrons. The Labute approximate surface area is 160 Å². The third kappa shape index (κ3) is 3.24. The van der Waals surface area contributed by atoms with Crippen LogP contribution in [0.2, 0.25) is 0 Å². The number of hydrogen-bond acceptors (Lipinski definition) is 4. The van der Waals surface area contributed by atoms with Crippen molar-refractivity contribution in [2.75, 3.05) is 6.26 Å². The van der Waals surface area contributed by atoms with Crippen molar-refractivity contribution < 1.29 is 0 Å². The second-order valence-corrected chi connectivity index (χ2v) is 7.93. The summed E-state index contributed by atoms with van der Waals surface area (Å²) < 4.78 is 1.65. The Balaban J connectivity index is 1.71. The number of aromatic nitrogens is 2. The zero-order chi connectivity index (χ0) is 18.1. The Hall–Kier alpha value is -2.24. The van der Waals surface area contributed by atoms with Crippen molar-refractivity contribution in [3.8, 4) is 0 Å². The molecule has 0 atom stereocenters. The lowest BCUT2D eigenvalue weighted by Gasteiger charge is -2.10. The van der Waals surface area contributed by atoms with Gasteiger partial charge in [-0.05, 0) is 46.9 Å². The van der Waals surface area contributed by atoms with Crippen LogP contribution in [0.4, 0.5) is 0 Å². The van der Waals surface area contributed by atoms with Crippen LogP contribution in [0.25, 0.3) is 21.7 Å². The second-order valence-electron chi connectivity index (χ2n) is 6.11. The first kappa shape index (κ1) is 17.2. The van der Waals surface area contributed by atoms with E-state index in [9.17, 15) is 4.79 Å².